The van der Waals surface area contributed by atoms with Crippen molar-refractivity contribution in [2.24, 2.45) is 0 Å². The summed E-state index contributed by atoms with van der Waals surface area (Å²) in [4.78, 5) is 39.7. The molecule has 10 heteroatoms. The molecular weight excluding hydrogens is 485 g/mol. The number of amides is 2. The van der Waals surface area contributed by atoms with Crippen molar-refractivity contribution < 1.29 is 27.2 Å². The van der Waals surface area contributed by atoms with Crippen LogP contribution in [0.3, 0.4) is 0 Å². The number of Topliss-reactive ketones (excluding diaryl/α,β-unsaturated/α-hetero) is 1. The summed E-state index contributed by atoms with van der Waals surface area (Å²) in [6.07, 6.45) is 4.78. The van der Waals surface area contributed by atoms with Crippen molar-refractivity contribution in [1.82, 2.24) is 10.2 Å². The molecule has 2 amide bonds. The zero-order chi connectivity index (χ0) is 26.5. The summed E-state index contributed by atoms with van der Waals surface area (Å²) in [5.74, 6) is -1.61. The smallest absolute Gasteiger partial charge is 0.244 e. The molecule has 0 aromatic heterocycles. The fraction of sp³-hybridized carbons (Fsp3) is 0.423. The van der Waals surface area contributed by atoms with Gasteiger partial charge in [0.25, 0.3) is 0 Å². The van der Waals surface area contributed by atoms with Crippen LogP contribution in [0.15, 0.2) is 48.5 Å². The molecule has 2 aromatic rings. The van der Waals surface area contributed by atoms with Gasteiger partial charge in [-0.15, -0.1) is 0 Å². The number of hydrogen-bond acceptors (Lipinski definition) is 5. The zero-order valence-electron chi connectivity index (χ0n) is 20.7. The highest BCUT2D eigenvalue weighted by atomic mass is 32.2. The molecule has 194 valence electrons. The molecule has 1 unspecified atom stereocenters. The molecule has 1 atom stereocenters. The minimum Gasteiger partial charge on any atom is -0.352 e. The number of halogens is 1. The monoisotopic (exact) mass is 517 g/mol. The second-order valence-corrected chi connectivity index (χ2v) is 11.1. The molecule has 1 N–H and O–H groups in total. The Labute approximate surface area is 211 Å². The third-order valence-corrected chi connectivity index (χ3v) is 7.50. The summed E-state index contributed by atoms with van der Waals surface area (Å²) in [5.41, 5.74) is 1.07. The number of benzene rings is 2. The van der Waals surface area contributed by atoms with Crippen molar-refractivity contribution in [2.75, 3.05) is 17.1 Å². The molecular formula is C26H32FN3O5S. The van der Waals surface area contributed by atoms with Gasteiger partial charge in [-0.05, 0) is 56.5 Å². The zero-order valence-corrected chi connectivity index (χ0v) is 21.6. The molecule has 1 aliphatic carbocycles. The maximum absolute atomic E-state index is 13.5. The molecule has 2 aromatic carbocycles. The first-order valence-corrected chi connectivity index (χ1v) is 13.7. The Morgan fingerprint density at radius 2 is 1.72 bits per heavy atom. The molecule has 0 radical (unpaired) electrons. The van der Waals surface area contributed by atoms with Crippen LogP contribution in [0.1, 0.15) is 55.5 Å². The Balaban J connectivity index is 1.90. The van der Waals surface area contributed by atoms with Crippen LogP contribution < -0.4 is 9.62 Å². The summed E-state index contributed by atoms with van der Waals surface area (Å²) >= 11 is 0. The average Bonchev–Trinajstić information content (AvgIpc) is 3.34. The Morgan fingerprint density at radius 3 is 2.31 bits per heavy atom. The number of hydrogen-bond donors (Lipinski definition) is 1. The van der Waals surface area contributed by atoms with Crippen molar-refractivity contribution in [3.05, 3.63) is 65.5 Å². The van der Waals surface area contributed by atoms with Crippen LogP contribution in [0.5, 0.6) is 0 Å². The summed E-state index contributed by atoms with van der Waals surface area (Å²) in [6.45, 7) is 2.38. The van der Waals surface area contributed by atoms with Crippen LogP contribution in [0, 0.1) is 5.82 Å². The van der Waals surface area contributed by atoms with E-state index in [9.17, 15) is 27.2 Å². The number of nitrogens with zero attached hydrogens (tertiary/aromatic N) is 2. The Morgan fingerprint density at radius 1 is 1.08 bits per heavy atom. The Hall–Kier alpha value is -3.27. The molecule has 0 bridgehead atoms. The van der Waals surface area contributed by atoms with Crippen LogP contribution in [-0.2, 0) is 26.2 Å². The second-order valence-electron chi connectivity index (χ2n) is 9.19. The standard InChI is InChI=1S/C26H32FN3O5S/c1-18(26(33)28-23-8-4-5-9-23)29(16-20-11-13-22(27)14-12-20)25(32)17-30(36(3,34)35)24-10-6-7-21(15-24)19(2)31/h6-7,10-15,18,23H,4-5,8-9,16-17H2,1-3H3,(H,28,33). The first-order valence-electron chi connectivity index (χ1n) is 11.9. The topological polar surface area (TPSA) is 104 Å². The summed E-state index contributed by atoms with van der Waals surface area (Å²) < 4.78 is 39.7. The molecule has 0 heterocycles. The number of carbonyl (C=O) groups is 3. The predicted molar refractivity (Wildman–Crippen MR) is 135 cm³/mol. The molecule has 1 fully saturated rings. The highest BCUT2D eigenvalue weighted by molar-refractivity contribution is 7.92. The summed E-state index contributed by atoms with van der Waals surface area (Å²) in [5, 5.41) is 2.98. The van der Waals surface area contributed by atoms with Gasteiger partial charge in [-0.25, -0.2) is 12.8 Å². The van der Waals surface area contributed by atoms with Crippen LogP contribution in [0.25, 0.3) is 0 Å². The summed E-state index contributed by atoms with van der Waals surface area (Å²) in [6, 6.07) is 10.7. The second kappa shape index (κ2) is 11.6. The van der Waals surface area contributed by atoms with Crippen LogP contribution in [-0.4, -0.2) is 55.8 Å². The molecule has 0 saturated heterocycles. The van der Waals surface area contributed by atoms with E-state index in [0.717, 1.165) is 36.2 Å². The minimum atomic E-state index is -3.91. The quantitative estimate of drug-likeness (QED) is 0.487. The SMILES string of the molecule is CC(=O)c1cccc(N(CC(=O)N(Cc2ccc(F)cc2)C(C)C(=O)NC2CCCC2)S(C)(=O)=O)c1. The number of carbonyl (C=O) groups excluding carboxylic acids is 3. The van der Waals surface area contributed by atoms with E-state index in [-0.39, 0.29) is 30.0 Å². The van der Waals surface area contributed by atoms with Crippen LogP contribution in [0.2, 0.25) is 0 Å². The van der Waals surface area contributed by atoms with Gasteiger partial charge < -0.3 is 10.2 Å². The lowest BCUT2D eigenvalue weighted by Gasteiger charge is -2.32. The van der Waals surface area contributed by atoms with Gasteiger partial charge in [-0.2, -0.15) is 0 Å². The van der Waals surface area contributed by atoms with Crippen LogP contribution in [0.4, 0.5) is 10.1 Å². The van der Waals surface area contributed by atoms with Gasteiger partial charge in [0.2, 0.25) is 21.8 Å². The lowest BCUT2D eigenvalue weighted by molar-refractivity contribution is -0.139. The van der Waals surface area contributed by atoms with Crippen molar-refractivity contribution in [1.29, 1.82) is 0 Å². The number of nitrogens with one attached hydrogen (secondary N) is 1. The van der Waals surface area contributed by atoms with Gasteiger partial charge in [-0.1, -0.05) is 37.1 Å². The first-order chi connectivity index (χ1) is 17.0. The molecule has 0 aliphatic heterocycles. The number of anilines is 1. The van der Waals surface area contributed by atoms with E-state index < -0.39 is 34.3 Å². The van der Waals surface area contributed by atoms with Crippen molar-refractivity contribution in [3.63, 3.8) is 0 Å². The minimum absolute atomic E-state index is 0.0105. The van der Waals surface area contributed by atoms with Gasteiger partial charge in [0, 0.05) is 18.2 Å². The van der Waals surface area contributed by atoms with Crippen molar-refractivity contribution >= 4 is 33.3 Å². The van der Waals surface area contributed by atoms with E-state index in [2.05, 4.69) is 5.32 Å². The van der Waals surface area contributed by atoms with E-state index in [1.807, 2.05) is 0 Å². The third-order valence-electron chi connectivity index (χ3n) is 6.35. The molecule has 8 nitrogen and oxygen atoms in total. The van der Waals surface area contributed by atoms with Gasteiger partial charge in [-0.3, -0.25) is 18.7 Å². The largest absolute Gasteiger partial charge is 0.352 e. The number of sulfonamides is 1. The molecule has 1 saturated carbocycles. The van der Waals surface area contributed by atoms with E-state index in [1.165, 1.54) is 48.2 Å². The van der Waals surface area contributed by atoms with Gasteiger partial charge in [0.05, 0.1) is 11.9 Å². The van der Waals surface area contributed by atoms with E-state index in [0.29, 0.717) is 11.1 Å². The first kappa shape index (κ1) is 27.3. The van der Waals surface area contributed by atoms with E-state index >= 15 is 0 Å². The maximum Gasteiger partial charge on any atom is 0.244 e. The lowest BCUT2D eigenvalue weighted by atomic mass is 10.1. The van der Waals surface area contributed by atoms with Crippen molar-refractivity contribution in [3.8, 4) is 0 Å². The van der Waals surface area contributed by atoms with Gasteiger partial charge in [0.1, 0.15) is 18.4 Å². The lowest BCUT2D eigenvalue weighted by Crippen LogP contribution is -2.52. The maximum atomic E-state index is 13.5. The molecule has 3 rings (SSSR count). The number of rotatable bonds is 10. The fourth-order valence-electron chi connectivity index (χ4n) is 4.25. The predicted octanol–water partition coefficient (Wildman–Crippen LogP) is 3.27. The highest BCUT2D eigenvalue weighted by Gasteiger charge is 2.31. The number of ketones is 1. The van der Waals surface area contributed by atoms with Crippen molar-refractivity contribution in [2.45, 2.75) is 58.2 Å². The molecule has 36 heavy (non-hydrogen) atoms. The summed E-state index contributed by atoms with van der Waals surface area (Å²) in [7, 11) is -3.91. The normalized spacial score (nSPS) is 14.8. The third kappa shape index (κ3) is 7.13. The van der Waals surface area contributed by atoms with Gasteiger partial charge >= 0.3 is 0 Å². The van der Waals surface area contributed by atoms with E-state index in [4.69, 9.17) is 0 Å². The molecule has 1 aliphatic rings. The molecule has 0 spiro atoms. The van der Waals surface area contributed by atoms with Gasteiger partial charge in [0.15, 0.2) is 5.78 Å². The highest BCUT2D eigenvalue weighted by Crippen LogP contribution is 2.22. The van der Waals surface area contributed by atoms with E-state index in [1.54, 1.807) is 19.1 Å². The average molecular weight is 518 g/mol. The van der Waals surface area contributed by atoms with Crippen LogP contribution >= 0.6 is 0 Å². The Kier molecular flexibility index (Phi) is 8.84. The fourth-order valence-corrected chi connectivity index (χ4v) is 5.10. The Bertz CT molecular complexity index is 1210.